The zero-order chi connectivity index (χ0) is 16.9. The number of methoxy groups -OCH3 is 1. The predicted octanol–water partition coefficient (Wildman–Crippen LogP) is 1.97. The van der Waals surface area contributed by atoms with Crippen LogP contribution in [0.2, 0.25) is 0 Å². The van der Waals surface area contributed by atoms with Crippen LogP contribution in [0, 0.1) is 0 Å². The molecule has 5 nitrogen and oxygen atoms in total. The van der Waals surface area contributed by atoms with Gasteiger partial charge < -0.3 is 20.3 Å². The van der Waals surface area contributed by atoms with Crippen molar-refractivity contribution in [2.75, 3.05) is 19.0 Å². The molecule has 2 heterocycles. The minimum absolute atomic E-state index is 0.126. The van der Waals surface area contributed by atoms with Gasteiger partial charge in [-0.2, -0.15) is 0 Å². The molecule has 2 aliphatic rings. The van der Waals surface area contributed by atoms with Crippen LogP contribution in [0.1, 0.15) is 32.1 Å². The van der Waals surface area contributed by atoms with Crippen LogP contribution >= 0.6 is 0 Å². The molecule has 0 saturated carbocycles. The molecule has 2 amide bonds. The summed E-state index contributed by atoms with van der Waals surface area (Å²) in [6, 6.07) is 8.87. The van der Waals surface area contributed by atoms with Crippen molar-refractivity contribution < 1.29 is 14.4 Å². The quantitative estimate of drug-likeness (QED) is 0.723. The van der Waals surface area contributed by atoms with E-state index in [1.165, 1.54) is 19.3 Å². The number of hydrogen-bond acceptors (Lipinski definition) is 2. The number of rotatable bonds is 5. The van der Waals surface area contributed by atoms with E-state index in [2.05, 4.69) is 17.2 Å². The van der Waals surface area contributed by atoms with Gasteiger partial charge in [0.15, 0.2) is 0 Å². The number of carbonyl (C=O) groups excluding carboxylic acids is 1. The van der Waals surface area contributed by atoms with E-state index in [0.717, 1.165) is 30.8 Å². The lowest BCUT2D eigenvalue weighted by molar-refractivity contribution is -0.955. The highest BCUT2D eigenvalue weighted by Gasteiger charge is 2.41. The third-order valence-corrected chi connectivity index (χ3v) is 5.33. The van der Waals surface area contributed by atoms with Crippen LogP contribution in [0.15, 0.2) is 36.9 Å². The Kier molecular flexibility index (Phi) is 5.41. The summed E-state index contributed by atoms with van der Waals surface area (Å²) in [7, 11) is 1.62. The molecule has 2 bridgehead atoms. The summed E-state index contributed by atoms with van der Waals surface area (Å²) in [6.45, 7) is 4.94. The van der Waals surface area contributed by atoms with Crippen LogP contribution in [0.3, 0.4) is 0 Å². The van der Waals surface area contributed by atoms with Crippen LogP contribution in [0.25, 0.3) is 0 Å². The zero-order valence-electron chi connectivity index (χ0n) is 14.4. The fraction of sp³-hybridized carbons (Fsp3) is 0.526. The summed E-state index contributed by atoms with van der Waals surface area (Å²) in [6.07, 6.45) is 7.99. The number of nitrogens with one attached hydrogen (secondary N) is 3. The summed E-state index contributed by atoms with van der Waals surface area (Å²) in [4.78, 5) is 14.0. The maximum Gasteiger partial charge on any atom is 0.319 e. The molecule has 2 saturated heterocycles. The fourth-order valence-corrected chi connectivity index (χ4v) is 4.31. The predicted molar refractivity (Wildman–Crippen MR) is 95.6 cm³/mol. The average Bonchev–Trinajstić information content (AvgIpc) is 2.56. The maximum atomic E-state index is 12.3. The Bertz CT molecular complexity index is 576. The number of fused-ring (bicyclic) bond motifs is 2. The second-order valence-electron chi connectivity index (χ2n) is 6.89. The maximum absolute atomic E-state index is 12.3. The Morgan fingerprint density at radius 1 is 1.38 bits per heavy atom. The van der Waals surface area contributed by atoms with Crippen molar-refractivity contribution in [1.82, 2.24) is 5.32 Å². The SMILES string of the molecule is C=CC[NH+]1[C@@H]2CCC[C@@H]1CC(NC(=O)Nc1cccc(OC)c1)C2. The van der Waals surface area contributed by atoms with Gasteiger partial charge in [-0.15, -0.1) is 0 Å². The van der Waals surface area contributed by atoms with Crippen molar-refractivity contribution in [2.24, 2.45) is 0 Å². The van der Waals surface area contributed by atoms with Crippen LogP contribution < -0.4 is 20.3 Å². The molecule has 2 fully saturated rings. The van der Waals surface area contributed by atoms with E-state index < -0.39 is 0 Å². The standard InChI is InChI=1S/C19H27N3O2/c1-3-10-22-16-7-5-8-17(22)12-15(11-16)21-19(23)20-14-6-4-9-18(13-14)24-2/h3-4,6,9,13,15-17H,1,5,7-8,10-12H2,2H3,(H2,20,21,23)/p+1/t16-,17-/m1/s1. The molecule has 2 aliphatic heterocycles. The zero-order valence-corrected chi connectivity index (χ0v) is 14.4. The molecule has 1 aromatic rings. The molecule has 5 heteroatoms. The number of benzene rings is 1. The molecule has 3 rings (SSSR count). The first-order valence-electron chi connectivity index (χ1n) is 8.87. The second-order valence-corrected chi connectivity index (χ2v) is 6.89. The van der Waals surface area contributed by atoms with E-state index in [9.17, 15) is 4.79 Å². The average molecular weight is 330 g/mol. The Morgan fingerprint density at radius 3 is 2.79 bits per heavy atom. The second kappa shape index (κ2) is 7.71. The molecule has 24 heavy (non-hydrogen) atoms. The van der Waals surface area contributed by atoms with Gasteiger partial charge in [0.1, 0.15) is 5.75 Å². The molecular weight excluding hydrogens is 302 g/mol. The van der Waals surface area contributed by atoms with Crippen molar-refractivity contribution in [3.63, 3.8) is 0 Å². The Morgan fingerprint density at radius 2 is 2.12 bits per heavy atom. The number of ether oxygens (including phenoxy) is 1. The molecule has 0 aromatic heterocycles. The molecule has 0 aliphatic carbocycles. The van der Waals surface area contributed by atoms with Crippen LogP contribution in [-0.4, -0.2) is 37.8 Å². The molecule has 130 valence electrons. The third-order valence-electron chi connectivity index (χ3n) is 5.33. The minimum Gasteiger partial charge on any atom is -0.497 e. The summed E-state index contributed by atoms with van der Waals surface area (Å²) in [5.41, 5.74) is 0.752. The Balaban J connectivity index is 1.56. The van der Waals surface area contributed by atoms with Crippen LogP contribution in [0.4, 0.5) is 10.5 Å². The topological polar surface area (TPSA) is 54.8 Å². The Labute approximate surface area is 144 Å². The van der Waals surface area contributed by atoms with E-state index in [0.29, 0.717) is 12.1 Å². The van der Waals surface area contributed by atoms with Gasteiger partial charge in [-0.05, 0) is 37.5 Å². The molecule has 0 radical (unpaired) electrons. The number of quaternary nitrogens is 1. The molecule has 3 N–H and O–H groups in total. The Hall–Kier alpha value is -2.01. The first kappa shape index (κ1) is 16.8. The van der Waals surface area contributed by atoms with E-state index in [-0.39, 0.29) is 12.1 Å². The summed E-state index contributed by atoms with van der Waals surface area (Å²) >= 11 is 0. The molecule has 0 unspecified atom stereocenters. The monoisotopic (exact) mass is 330 g/mol. The molecule has 1 aromatic carbocycles. The fourth-order valence-electron chi connectivity index (χ4n) is 4.31. The van der Waals surface area contributed by atoms with Crippen LogP contribution in [0.5, 0.6) is 5.75 Å². The smallest absolute Gasteiger partial charge is 0.319 e. The largest absolute Gasteiger partial charge is 0.497 e. The van der Waals surface area contributed by atoms with Crippen molar-refractivity contribution >= 4 is 11.7 Å². The van der Waals surface area contributed by atoms with Gasteiger partial charge >= 0.3 is 6.03 Å². The van der Waals surface area contributed by atoms with Gasteiger partial charge in [-0.3, -0.25) is 0 Å². The van der Waals surface area contributed by atoms with E-state index in [1.54, 1.807) is 12.0 Å². The van der Waals surface area contributed by atoms with Crippen molar-refractivity contribution in [3.05, 3.63) is 36.9 Å². The number of carbonyl (C=O) groups is 1. The van der Waals surface area contributed by atoms with Gasteiger partial charge in [0, 0.05) is 30.6 Å². The van der Waals surface area contributed by atoms with Gasteiger partial charge in [0.25, 0.3) is 0 Å². The van der Waals surface area contributed by atoms with Crippen LogP contribution in [-0.2, 0) is 0 Å². The summed E-state index contributed by atoms with van der Waals surface area (Å²) in [5, 5.41) is 6.08. The van der Waals surface area contributed by atoms with Gasteiger partial charge in [0.05, 0.1) is 25.7 Å². The van der Waals surface area contributed by atoms with Crippen molar-refractivity contribution in [2.45, 2.75) is 50.2 Å². The third kappa shape index (κ3) is 3.90. The van der Waals surface area contributed by atoms with Gasteiger partial charge in [-0.1, -0.05) is 12.6 Å². The van der Waals surface area contributed by atoms with E-state index >= 15 is 0 Å². The van der Waals surface area contributed by atoms with E-state index in [1.807, 2.05) is 30.3 Å². The summed E-state index contributed by atoms with van der Waals surface area (Å²) < 4.78 is 5.19. The number of hydrogen-bond donors (Lipinski definition) is 3. The van der Waals surface area contributed by atoms with Gasteiger partial charge in [0.2, 0.25) is 0 Å². The highest BCUT2D eigenvalue weighted by molar-refractivity contribution is 5.89. The normalized spacial score (nSPS) is 28.7. The highest BCUT2D eigenvalue weighted by atomic mass is 16.5. The van der Waals surface area contributed by atoms with E-state index in [4.69, 9.17) is 4.74 Å². The first-order chi connectivity index (χ1) is 11.7. The van der Waals surface area contributed by atoms with Crippen molar-refractivity contribution in [3.8, 4) is 5.75 Å². The highest BCUT2D eigenvalue weighted by Crippen LogP contribution is 2.22. The lowest BCUT2D eigenvalue weighted by Crippen LogP contribution is -3.21. The molecule has 2 atom stereocenters. The first-order valence-corrected chi connectivity index (χ1v) is 8.87. The lowest BCUT2D eigenvalue weighted by atomic mass is 9.82. The van der Waals surface area contributed by atoms with Gasteiger partial charge in [-0.25, -0.2) is 4.79 Å². The van der Waals surface area contributed by atoms with Crippen molar-refractivity contribution in [1.29, 1.82) is 0 Å². The number of urea groups is 1. The molecular formula is C19H28N3O2+. The number of amides is 2. The summed E-state index contributed by atoms with van der Waals surface area (Å²) in [5.74, 6) is 0.740. The number of anilines is 1. The molecule has 0 spiro atoms. The number of piperidine rings is 2. The lowest BCUT2D eigenvalue weighted by Gasteiger charge is -2.45. The minimum atomic E-state index is -0.126.